The Labute approximate surface area is 141 Å². The molecule has 0 aliphatic carbocycles. The minimum atomic E-state index is -4.65. The first-order chi connectivity index (χ1) is 10.3. The highest BCUT2D eigenvalue weighted by molar-refractivity contribution is 14.1. The molecule has 2 rings (SSSR count). The van der Waals surface area contributed by atoms with E-state index in [0.29, 0.717) is 17.1 Å². The van der Waals surface area contributed by atoms with Gasteiger partial charge in [-0.3, -0.25) is 4.79 Å². The largest absolute Gasteiger partial charge is 0.497 e. The number of hydrogen-bond donors (Lipinski definition) is 1. The monoisotopic (exact) mass is 442 g/mol. The molecule has 1 N–H and O–H groups in total. The molecule has 1 aromatic heterocycles. The number of carbonyl (C=O) groups excluding carboxylic acids is 1. The molecule has 0 aliphatic rings. The SMILES string of the molecule is COc1ccc(CNC(=O)c2sc(I)nc2C(F)(F)F)cc1. The number of benzene rings is 1. The quantitative estimate of drug-likeness (QED) is 0.735. The van der Waals surface area contributed by atoms with Crippen LogP contribution in [0, 0.1) is 3.01 Å². The number of halogens is 4. The molecule has 0 unspecified atom stereocenters. The maximum atomic E-state index is 12.8. The number of carbonyl (C=O) groups is 1. The van der Waals surface area contributed by atoms with Crippen molar-refractivity contribution in [3.8, 4) is 5.75 Å². The smallest absolute Gasteiger partial charge is 0.435 e. The van der Waals surface area contributed by atoms with E-state index in [1.807, 2.05) is 0 Å². The predicted octanol–water partition coefficient (Wildman–Crippen LogP) is 3.71. The predicted molar refractivity (Wildman–Crippen MR) is 84.0 cm³/mol. The topological polar surface area (TPSA) is 51.2 Å². The second-order valence-electron chi connectivity index (χ2n) is 4.17. The van der Waals surface area contributed by atoms with Crippen molar-refractivity contribution in [2.24, 2.45) is 0 Å². The summed E-state index contributed by atoms with van der Waals surface area (Å²) < 4.78 is 43.6. The number of rotatable bonds is 4. The summed E-state index contributed by atoms with van der Waals surface area (Å²) in [4.78, 5) is 14.9. The van der Waals surface area contributed by atoms with E-state index in [-0.39, 0.29) is 9.56 Å². The summed E-state index contributed by atoms with van der Waals surface area (Å²) in [5, 5.41) is 2.47. The Balaban J connectivity index is 2.09. The third-order valence-corrected chi connectivity index (χ3v) is 4.43. The first-order valence-electron chi connectivity index (χ1n) is 5.96. The first kappa shape index (κ1) is 17.0. The van der Waals surface area contributed by atoms with E-state index in [4.69, 9.17) is 4.74 Å². The van der Waals surface area contributed by atoms with Gasteiger partial charge >= 0.3 is 6.18 Å². The standard InChI is InChI=1S/C13H10F3IN2O2S/c1-21-8-4-2-7(3-5-8)6-18-11(20)9-10(13(14,15)16)19-12(17)22-9/h2-5H,6H2,1H3,(H,18,20). The average Bonchev–Trinajstić information content (AvgIpc) is 2.87. The Bertz CT molecular complexity index is 671. The van der Waals surface area contributed by atoms with Gasteiger partial charge in [0.1, 0.15) is 10.6 Å². The van der Waals surface area contributed by atoms with Crippen LogP contribution in [0.3, 0.4) is 0 Å². The van der Waals surface area contributed by atoms with Gasteiger partial charge in [0.15, 0.2) is 8.71 Å². The fourth-order valence-corrected chi connectivity index (χ4v) is 3.28. The van der Waals surface area contributed by atoms with Gasteiger partial charge in [0.05, 0.1) is 7.11 Å². The second kappa shape index (κ2) is 6.82. The molecule has 9 heteroatoms. The number of nitrogens with one attached hydrogen (secondary N) is 1. The van der Waals surface area contributed by atoms with Crippen molar-refractivity contribution >= 4 is 39.8 Å². The molecule has 1 aromatic carbocycles. The summed E-state index contributed by atoms with van der Waals surface area (Å²) >= 11 is 2.37. The molecular weight excluding hydrogens is 432 g/mol. The van der Waals surface area contributed by atoms with E-state index in [9.17, 15) is 18.0 Å². The molecule has 0 saturated carbocycles. The van der Waals surface area contributed by atoms with Crippen molar-refractivity contribution in [3.05, 3.63) is 43.4 Å². The van der Waals surface area contributed by atoms with Gasteiger partial charge in [0, 0.05) is 6.54 Å². The van der Waals surface area contributed by atoms with E-state index in [2.05, 4.69) is 10.3 Å². The minimum absolute atomic E-state index is 0.120. The summed E-state index contributed by atoms with van der Waals surface area (Å²) in [5.41, 5.74) is -0.393. The molecular formula is C13H10F3IN2O2S. The van der Waals surface area contributed by atoms with Crippen molar-refractivity contribution < 1.29 is 22.7 Å². The highest BCUT2D eigenvalue weighted by Gasteiger charge is 2.39. The Morgan fingerprint density at radius 1 is 1.36 bits per heavy atom. The molecule has 22 heavy (non-hydrogen) atoms. The molecule has 0 spiro atoms. The summed E-state index contributed by atoms with van der Waals surface area (Å²) in [5.74, 6) is -0.130. The number of amides is 1. The summed E-state index contributed by atoms with van der Waals surface area (Å²) in [7, 11) is 1.53. The molecule has 0 atom stereocenters. The van der Waals surface area contributed by atoms with Crippen LogP contribution in [-0.4, -0.2) is 18.0 Å². The molecule has 2 aromatic rings. The van der Waals surface area contributed by atoms with Crippen LogP contribution >= 0.6 is 33.9 Å². The zero-order chi connectivity index (χ0) is 16.3. The number of methoxy groups -OCH3 is 1. The zero-order valence-corrected chi connectivity index (χ0v) is 14.2. The maximum absolute atomic E-state index is 12.8. The van der Waals surface area contributed by atoms with Crippen LogP contribution in [0.15, 0.2) is 24.3 Å². The van der Waals surface area contributed by atoms with E-state index in [1.54, 1.807) is 46.9 Å². The molecule has 0 radical (unpaired) electrons. The lowest BCUT2D eigenvalue weighted by atomic mass is 10.2. The van der Waals surface area contributed by atoms with Crippen molar-refractivity contribution in [3.63, 3.8) is 0 Å². The Morgan fingerprint density at radius 3 is 2.55 bits per heavy atom. The van der Waals surface area contributed by atoms with E-state index in [1.165, 1.54) is 7.11 Å². The fraction of sp³-hybridized carbons (Fsp3) is 0.231. The van der Waals surface area contributed by atoms with Crippen LogP contribution in [0.2, 0.25) is 0 Å². The van der Waals surface area contributed by atoms with Crippen LogP contribution in [0.1, 0.15) is 20.9 Å². The van der Waals surface area contributed by atoms with E-state index in [0.717, 1.165) is 5.56 Å². The molecule has 0 aliphatic heterocycles. The Kier molecular flexibility index (Phi) is 5.27. The number of aromatic nitrogens is 1. The van der Waals surface area contributed by atoms with Gasteiger partial charge in [-0.2, -0.15) is 13.2 Å². The number of hydrogen-bond acceptors (Lipinski definition) is 4. The summed E-state index contributed by atoms with van der Waals surface area (Å²) in [6.45, 7) is 0.120. The number of nitrogens with zero attached hydrogens (tertiary/aromatic N) is 1. The van der Waals surface area contributed by atoms with E-state index >= 15 is 0 Å². The molecule has 118 valence electrons. The maximum Gasteiger partial charge on any atom is 0.435 e. The Hall–Kier alpha value is -1.36. The molecule has 4 nitrogen and oxygen atoms in total. The third kappa shape index (κ3) is 4.09. The number of alkyl halides is 3. The van der Waals surface area contributed by atoms with Gasteiger partial charge in [-0.1, -0.05) is 12.1 Å². The molecule has 0 fully saturated rings. The molecule has 1 amide bonds. The van der Waals surface area contributed by atoms with Crippen molar-refractivity contribution in [1.82, 2.24) is 10.3 Å². The lowest BCUT2D eigenvalue weighted by molar-refractivity contribution is -0.141. The van der Waals surface area contributed by atoms with Crippen molar-refractivity contribution in [1.29, 1.82) is 0 Å². The summed E-state index contributed by atoms with van der Waals surface area (Å²) in [6, 6.07) is 6.86. The van der Waals surface area contributed by atoms with Gasteiger partial charge in [0.25, 0.3) is 5.91 Å². The van der Waals surface area contributed by atoms with E-state index < -0.39 is 22.7 Å². The second-order valence-corrected chi connectivity index (χ2v) is 6.93. The van der Waals surface area contributed by atoms with Crippen molar-refractivity contribution in [2.45, 2.75) is 12.7 Å². The van der Waals surface area contributed by atoms with Crippen LogP contribution in [0.25, 0.3) is 0 Å². The molecule has 0 bridgehead atoms. The third-order valence-electron chi connectivity index (χ3n) is 2.69. The first-order valence-corrected chi connectivity index (χ1v) is 7.85. The zero-order valence-electron chi connectivity index (χ0n) is 11.2. The lowest BCUT2D eigenvalue weighted by Gasteiger charge is -2.08. The van der Waals surface area contributed by atoms with Gasteiger partial charge in [-0.15, -0.1) is 11.3 Å². The van der Waals surface area contributed by atoms with Gasteiger partial charge in [0.2, 0.25) is 0 Å². The van der Waals surface area contributed by atoms with Crippen LogP contribution < -0.4 is 10.1 Å². The van der Waals surface area contributed by atoms with Crippen LogP contribution in [0.4, 0.5) is 13.2 Å². The highest BCUT2D eigenvalue weighted by atomic mass is 127. The van der Waals surface area contributed by atoms with Gasteiger partial charge < -0.3 is 10.1 Å². The highest BCUT2D eigenvalue weighted by Crippen LogP contribution is 2.34. The van der Waals surface area contributed by atoms with Crippen LogP contribution in [-0.2, 0) is 12.7 Å². The minimum Gasteiger partial charge on any atom is -0.497 e. The Morgan fingerprint density at radius 2 is 2.00 bits per heavy atom. The fourth-order valence-electron chi connectivity index (χ4n) is 1.65. The van der Waals surface area contributed by atoms with Gasteiger partial charge in [-0.05, 0) is 40.3 Å². The number of ether oxygens (including phenoxy) is 1. The normalized spacial score (nSPS) is 11.3. The summed E-state index contributed by atoms with van der Waals surface area (Å²) in [6.07, 6.45) is -4.65. The molecule has 0 saturated heterocycles. The van der Waals surface area contributed by atoms with Crippen molar-refractivity contribution in [2.75, 3.05) is 7.11 Å². The van der Waals surface area contributed by atoms with Gasteiger partial charge in [-0.25, -0.2) is 4.98 Å². The average molecular weight is 442 g/mol. The van der Waals surface area contributed by atoms with Crippen LogP contribution in [0.5, 0.6) is 5.75 Å². The number of thiazole rings is 1. The lowest BCUT2D eigenvalue weighted by Crippen LogP contribution is -2.24. The molecule has 1 heterocycles.